The van der Waals surface area contributed by atoms with E-state index in [0.717, 1.165) is 0 Å². The van der Waals surface area contributed by atoms with Crippen LogP contribution >= 0.6 is 15.9 Å². The number of fused-ring (bicyclic) bond motifs is 1. The average Bonchev–Trinajstić information content (AvgIpc) is 3.38. The number of aryl methyl sites for hydroxylation is 1. The minimum absolute atomic E-state index is 0.0655. The molecule has 0 aliphatic heterocycles. The number of halogens is 3. The summed E-state index contributed by atoms with van der Waals surface area (Å²) in [5, 5.41) is 12.9. The molecule has 3 aromatic rings. The Morgan fingerprint density at radius 2 is 2.07 bits per heavy atom. The van der Waals surface area contributed by atoms with E-state index >= 15 is 4.39 Å². The molecule has 0 spiro atoms. The lowest BCUT2D eigenvalue weighted by Gasteiger charge is -2.18. The Labute approximate surface area is 179 Å². The van der Waals surface area contributed by atoms with Crippen molar-refractivity contribution in [3.63, 3.8) is 0 Å². The van der Waals surface area contributed by atoms with Gasteiger partial charge in [0, 0.05) is 23.1 Å². The summed E-state index contributed by atoms with van der Waals surface area (Å²) in [6.07, 6.45) is 0.585. The SMILES string of the molecule is Cc1noc2c(F)c(Cc3ccc(Br)cc3F)c(NS(=O)(=O)C3(CCO)CC3)nc12. The predicted molar refractivity (Wildman–Crippen MR) is 110 cm³/mol. The summed E-state index contributed by atoms with van der Waals surface area (Å²) in [6, 6.07) is 4.31. The molecule has 0 saturated heterocycles. The first-order valence-corrected chi connectivity index (χ1v) is 11.5. The first kappa shape index (κ1) is 21.1. The van der Waals surface area contributed by atoms with E-state index in [1.807, 2.05) is 0 Å². The molecule has 0 radical (unpaired) electrons. The van der Waals surface area contributed by atoms with E-state index in [-0.39, 0.29) is 47.5 Å². The largest absolute Gasteiger partial charge is 0.396 e. The van der Waals surface area contributed by atoms with E-state index < -0.39 is 26.4 Å². The molecule has 2 N–H and O–H groups in total. The van der Waals surface area contributed by atoms with E-state index in [2.05, 4.69) is 30.8 Å². The lowest BCUT2D eigenvalue weighted by Crippen LogP contribution is -2.31. The monoisotopic (exact) mass is 501 g/mol. The molecule has 0 unspecified atom stereocenters. The van der Waals surface area contributed by atoms with Crippen molar-refractivity contribution in [2.75, 3.05) is 11.3 Å². The van der Waals surface area contributed by atoms with Crippen molar-refractivity contribution in [1.82, 2.24) is 10.1 Å². The number of hydrogen-bond acceptors (Lipinski definition) is 6. The highest BCUT2D eigenvalue weighted by Gasteiger charge is 2.54. The maximum atomic E-state index is 15.3. The molecule has 11 heteroatoms. The van der Waals surface area contributed by atoms with Crippen LogP contribution in [-0.2, 0) is 16.4 Å². The van der Waals surface area contributed by atoms with Crippen LogP contribution in [0.4, 0.5) is 14.6 Å². The average molecular weight is 502 g/mol. The fourth-order valence-corrected chi connectivity index (χ4v) is 5.37. The Bertz CT molecular complexity index is 1240. The molecule has 2 aromatic heterocycles. The van der Waals surface area contributed by atoms with Crippen molar-refractivity contribution in [1.29, 1.82) is 0 Å². The summed E-state index contributed by atoms with van der Waals surface area (Å²) in [6.45, 7) is 1.27. The molecule has 1 saturated carbocycles. The van der Waals surface area contributed by atoms with Crippen molar-refractivity contribution in [2.45, 2.75) is 37.4 Å². The number of nitrogens with zero attached hydrogens (tertiary/aromatic N) is 2. The van der Waals surface area contributed by atoms with Crippen LogP contribution in [0.1, 0.15) is 36.1 Å². The van der Waals surface area contributed by atoms with Gasteiger partial charge in [-0.15, -0.1) is 0 Å². The van der Waals surface area contributed by atoms with Gasteiger partial charge in [0.15, 0.2) is 5.82 Å². The Kier molecular flexibility index (Phi) is 5.31. The van der Waals surface area contributed by atoms with E-state index in [1.54, 1.807) is 13.0 Å². The molecule has 1 aromatic carbocycles. The van der Waals surface area contributed by atoms with Gasteiger partial charge in [0.2, 0.25) is 15.6 Å². The molecule has 160 valence electrons. The van der Waals surface area contributed by atoms with Crippen LogP contribution in [0.15, 0.2) is 27.2 Å². The van der Waals surface area contributed by atoms with Gasteiger partial charge in [-0.05, 0) is 43.9 Å². The fourth-order valence-electron chi connectivity index (χ4n) is 3.39. The number of anilines is 1. The Hall–Kier alpha value is -2.11. The summed E-state index contributed by atoms with van der Waals surface area (Å²) in [4.78, 5) is 4.24. The highest BCUT2D eigenvalue weighted by atomic mass is 79.9. The van der Waals surface area contributed by atoms with Gasteiger partial charge in [-0.2, -0.15) is 0 Å². The number of sulfonamides is 1. The minimum Gasteiger partial charge on any atom is -0.396 e. The predicted octanol–water partition coefficient (Wildman–Crippen LogP) is 3.82. The molecule has 1 aliphatic rings. The summed E-state index contributed by atoms with van der Waals surface area (Å²) in [7, 11) is -3.97. The number of nitrogens with one attached hydrogen (secondary N) is 1. The second-order valence-electron chi connectivity index (χ2n) is 7.37. The molecule has 0 amide bonds. The summed E-state index contributed by atoms with van der Waals surface area (Å²) in [5.41, 5.74) is 0.161. The number of aromatic nitrogens is 2. The first-order valence-electron chi connectivity index (χ1n) is 9.19. The van der Waals surface area contributed by atoms with E-state index in [0.29, 0.717) is 23.0 Å². The molecule has 1 fully saturated rings. The van der Waals surface area contributed by atoms with Crippen molar-refractivity contribution in [2.24, 2.45) is 0 Å². The van der Waals surface area contributed by atoms with Gasteiger partial charge in [0.05, 0.1) is 4.75 Å². The topological polar surface area (TPSA) is 105 Å². The van der Waals surface area contributed by atoms with Crippen molar-refractivity contribution in [3.05, 3.63) is 51.1 Å². The second kappa shape index (κ2) is 7.54. The Morgan fingerprint density at radius 1 is 1.33 bits per heavy atom. The molecule has 0 atom stereocenters. The number of benzene rings is 1. The molecule has 4 rings (SSSR count). The van der Waals surface area contributed by atoms with E-state index in [1.165, 1.54) is 12.1 Å². The maximum Gasteiger partial charge on any atom is 0.239 e. The smallest absolute Gasteiger partial charge is 0.239 e. The molecular formula is C19H18BrF2N3O4S. The zero-order valence-electron chi connectivity index (χ0n) is 15.9. The molecule has 1 aliphatic carbocycles. The van der Waals surface area contributed by atoms with Crippen molar-refractivity contribution in [3.8, 4) is 0 Å². The van der Waals surface area contributed by atoms with Gasteiger partial charge in [0.1, 0.15) is 22.8 Å². The van der Waals surface area contributed by atoms with E-state index in [9.17, 15) is 17.9 Å². The second-order valence-corrected chi connectivity index (χ2v) is 10.4. The van der Waals surface area contributed by atoms with Crippen LogP contribution in [0, 0.1) is 18.6 Å². The van der Waals surface area contributed by atoms with Crippen LogP contribution in [-0.4, -0.2) is 35.0 Å². The van der Waals surface area contributed by atoms with Crippen molar-refractivity contribution >= 4 is 42.9 Å². The Balaban J connectivity index is 1.83. The van der Waals surface area contributed by atoms with Gasteiger partial charge < -0.3 is 9.63 Å². The van der Waals surface area contributed by atoms with Gasteiger partial charge >= 0.3 is 0 Å². The Morgan fingerprint density at radius 3 is 2.70 bits per heavy atom. The van der Waals surface area contributed by atoms with Crippen LogP contribution in [0.25, 0.3) is 11.1 Å². The molecule has 0 bridgehead atoms. The third kappa shape index (κ3) is 3.58. The van der Waals surface area contributed by atoms with Gasteiger partial charge in [-0.1, -0.05) is 27.2 Å². The lowest BCUT2D eigenvalue weighted by atomic mass is 10.0. The molecule has 30 heavy (non-hydrogen) atoms. The highest BCUT2D eigenvalue weighted by Crippen LogP contribution is 2.47. The van der Waals surface area contributed by atoms with Gasteiger partial charge in [-0.25, -0.2) is 22.2 Å². The van der Waals surface area contributed by atoms with Crippen molar-refractivity contribution < 1.29 is 26.8 Å². The lowest BCUT2D eigenvalue weighted by molar-refractivity contribution is 0.283. The first-order chi connectivity index (χ1) is 14.2. The third-order valence-corrected chi connectivity index (χ3v) is 8.07. The highest BCUT2D eigenvalue weighted by molar-refractivity contribution is 9.10. The maximum absolute atomic E-state index is 15.3. The zero-order chi connectivity index (χ0) is 21.7. The van der Waals surface area contributed by atoms with Gasteiger partial charge in [0.25, 0.3) is 0 Å². The number of aliphatic hydroxyl groups excluding tert-OH is 1. The number of hydrogen-bond donors (Lipinski definition) is 2. The molecular weight excluding hydrogens is 484 g/mol. The van der Waals surface area contributed by atoms with Crippen LogP contribution in [0.2, 0.25) is 0 Å². The molecule has 7 nitrogen and oxygen atoms in total. The quantitative estimate of drug-likeness (QED) is 0.509. The third-order valence-electron chi connectivity index (χ3n) is 5.36. The van der Waals surface area contributed by atoms with Crippen LogP contribution in [0.5, 0.6) is 0 Å². The summed E-state index contributed by atoms with van der Waals surface area (Å²) < 4.78 is 62.4. The number of pyridine rings is 1. The fraction of sp³-hybridized carbons (Fsp3) is 0.368. The van der Waals surface area contributed by atoms with Gasteiger partial charge in [-0.3, -0.25) is 4.72 Å². The van der Waals surface area contributed by atoms with Crippen LogP contribution in [0.3, 0.4) is 0 Å². The zero-order valence-corrected chi connectivity index (χ0v) is 18.3. The standard InChI is InChI=1S/C19H18BrF2N3O4S/c1-10-16-17(29-24-10)15(22)13(8-11-2-3-12(20)9-14(11)21)18(23-16)25-30(27,28)19(4-5-19)6-7-26/h2-3,9,26H,4-8H2,1H3,(H,23,25). The van der Waals surface area contributed by atoms with Crippen LogP contribution < -0.4 is 4.72 Å². The number of aliphatic hydroxyl groups is 1. The molecule has 2 heterocycles. The minimum atomic E-state index is -3.97. The van der Waals surface area contributed by atoms with E-state index in [4.69, 9.17) is 4.52 Å². The normalized spacial score (nSPS) is 15.5. The summed E-state index contributed by atoms with van der Waals surface area (Å²) >= 11 is 3.17. The number of rotatable bonds is 7. The summed E-state index contributed by atoms with van der Waals surface area (Å²) in [5.74, 6) is -1.67.